The zero-order valence-electron chi connectivity index (χ0n) is 11.6. The molecule has 1 N–H and O–H groups in total. The molecule has 0 aliphatic carbocycles. The van der Waals surface area contributed by atoms with Gasteiger partial charge in [0.15, 0.2) is 0 Å². The summed E-state index contributed by atoms with van der Waals surface area (Å²) in [6.07, 6.45) is 0. The molecule has 0 radical (unpaired) electrons. The normalized spacial score (nSPS) is 10.7. The Balaban J connectivity index is 2.03. The second-order valence-corrected chi connectivity index (χ2v) is 4.87. The molecule has 0 saturated heterocycles. The number of hydrogen-bond donors (Lipinski definition) is 1. The molecule has 19 heavy (non-hydrogen) atoms. The molecule has 0 aromatic heterocycles. The van der Waals surface area contributed by atoms with Crippen LogP contribution in [0, 0.1) is 6.92 Å². The van der Waals surface area contributed by atoms with Gasteiger partial charge in [0, 0.05) is 23.8 Å². The second-order valence-electron chi connectivity index (χ2n) is 4.08. The van der Waals surface area contributed by atoms with E-state index in [9.17, 15) is 0 Å². The number of hydrogen-bond acceptors (Lipinski definition) is 4. The number of aryl methyl sites for hydroxylation is 1. The van der Waals surface area contributed by atoms with Crippen molar-refractivity contribution < 1.29 is 14.2 Å². The van der Waals surface area contributed by atoms with Crippen LogP contribution in [0.4, 0.5) is 5.69 Å². The van der Waals surface area contributed by atoms with E-state index in [-0.39, 0.29) is 0 Å². The SMILES string of the molecule is COCCOCCOCCNc1cccc(C)c1Br. The number of nitrogens with one attached hydrogen (secondary N) is 1. The molecule has 1 aromatic carbocycles. The first-order valence-corrected chi connectivity index (χ1v) is 7.18. The molecule has 1 rings (SSSR count). The summed E-state index contributed by atoms with van der Waals surface area (Å²) < 4.78 is 16.7. The van der Waals surface area contributed by atoms with Crippen LogP contribution >= 0.6 is 15.9 Å². The molecule has 0 atom stereocenters. The van der Waals surface area contributed by atoms with Gasteiger partial charge in [-0.3, -0.25) is 0 Å². The van der Waals surface area contributed by atoms with Gasteiger partial charge in [0.1, 0.15) is 0 Å². The summed E-state index contributed by atoms with van der Waals surface area (Å²) in [5.74, 6) is 0. The summed E-state index contributed by atoms with van der Waals surface area (Å²) in [5, 5.41) is 3.33. The van der Waals surface area contributed by atoms with Gasteiger partial charge in [-0.05, 0) is 34.5 Å². The van der Waals surface area contributed by atoms with Gasteiger partial charge in [-0.15, -0.1) is 0 Å². The van der Waals surface area contributed by atoms with Crippen molar-refractivity contribution in [2.24, 2.45) is 0 Å². The number of anilines is 1. The fourth-order valence-corrected chi connectivity index (χ4v) is 1.91. The van der Waals surface area contributed by atoms with Gasteiger partial charge in [-0.1, -0.05) is 12.1 Å². The molecular formula is C14H22BrNO3. The number of benzene rings is 1. The van der Waals surface area contributed by atoms with Crippen LogP contribution in [0.5, 0.6) is 0 Å². The Labute approximate surface area is 123 Å². The fraction of sp³-hybridized carbons (Fsp3) is 0.571. The molecule has 0 saturated carbocycles. The molecule has 0 spiro atoms. The molecule has 0 amide bonds. The standard InChI is InChI=1S/C14H22BrNO3/c1-12-4-3-5-13(14(12)15)16-6-7-18-10-11-19-9-8-17-2/h3-5,16H,6-11H2,1-2H3. The van der Waals surface area contributed by atoms with Gasteiger partial charge in [0.25, 0.3) is 0 Å². The van der Waals surface area contributed by atoms with Crippen molar-refractivity contribution in [1.82, 2.24) is 0 Å². The Morgan fingerprint density at radius 1 is 1.05 bits per heavy atom. The zero-order valence-corrected chi connectivity index (χ0v) is 13.2. The average Bonchev–Trinajstić information content (AvgIpc) is 2.41. The van der Waals surface area contributed by atoms with Crippen LogP contribution in [0.15, 0.2) is 22.7 Å². The van der Waals surface area contributed by atoms with Gasteiger partial charge in [0.05, 0.1) is 33.0 Å². The lowest BCUT2D eigenvalue weighted by Gasteiger charge is -2.10. The highest BCUT2D eigenvalue weighted by Gasteiger charge is 2.00. The van der Waals surface area contributed by atoms with Crippen molar-refractivity contribution in [3.05, 3.63) is 28.2 Å². The third kappa shape index (κ3) is 6.92. The van der Waals surface area contributed by atoms with E-state index < -0.39 is 0 Å². The van der Waals surface area contributed by atoms with Crippen LogP contribution in [0.2, 0.25) is 0 Å². The smallest absolute Gasteiger partial charge is 0.0701 e. The van der Waals surface area contributed by atoms with Crippen LogP contribution in [-0.4, -0.2) is 46.7 Å². The number of ether oxygens (including phenoxy) is 3. The monoisotopic (exact) mass is 331 g/mol. The van der Waals surface area contributed by atoms with Crippen LogP contribution < -0.4 is 5.32 Å². The van der Waals surface area contributed by atoms with Crippen LogP contribution in [0.1, 0.15) is 5.56 Å². The van der Waals surface area contributed by atoms with Gasteiger partial charge in [-0.25, -0.2) is 0 Å². The van der Waals surface area contributed by atoms with E-state index in [1.807, 2.05) is 12.1 Å². The fourth-order valence-electron chi connectivity index (χ4n) is 1.51. The first-order valence-electron chi connectivity index (χ1n) is 6.39. The first kappa shape index (κ1) is 16.4. The predicted molar refractivity (Wildman–Crippen MR) is 80.9 cm³/mol. The van der Waals surface area contributed by atoms with Gasteiger partial charge < -0.3 is 19.5 Å². The van der Waals surface area contributed by atoms with Crippen LogP contribution in [0.3, 0.4) is 0 Å². The van der Waals surface area contributed by atoms with E-state index >= 15 is 0 Å². The van der Waals surface area contributed by atoms with Crippen molar-refractivity contribution in [2.75, 3.05) is 52.0 Å². The summed E-state index contributed by atoms with van der Waals surface area (Å²) >= 11 is 3.56. The summed E-state index contributed by atoms with van der Waals surface area (Å²) in [5.41, 5.74) is 2.32. The minimum Gasteiger partial charge on any atom is -0.382 e. The molecule has 0 heterocycles. The highest BCUT2D eigenvalue weighted by molar-refractivity contribution is 9.10. The lowest BCUT2D eigenvalue weighted by atomic mass is 10.2. The average molecular weight is 332 g/mol. The summed E-state index contributed by atoms with van der Waals surface area (Å²) in [7, 11) is 1.66. The largest absolute Gasteiger partial charge is 0.382 e. The molecule has 1 aromatic rings. The maximum Gasteiger partial charge on any atom is 0.0701 e. The molecule has 0 bridgehead atoms. The topological polar surface area (TPSA) is 39.7 Å². The van der Waals surface area contributed by atoms with Gasteiger partial charge in [-0.2, -0.15) is 0 Å². The molecule has 0 unspecified atom stereocenters. The van der Waals surface area contributed by atoms with E-state index in [1.165, 1.54) is 5.56 Å². The molecule has 0 aliphatic rings. The Hall–Kier alpha value is -0.620. The third-order valence-electron chi connectivity index (χ3n) is 2.56. The molecule has 5 heteroatoms. The van der Waals surface area contributed by atoms with Crippen LogP contribution in [0.25, 0.3) is 0 Å². The van der Waals surface area contributed by atoms with Gasteiger partial charge >= 0.3 is 0 Å². The first-order chi connectivity index (χ1) is 9.25. The predicted octanol–water partition coefficient (Wildman–Crippen LogP) is 2.85. The van der Waals surface area contributed by atoms with E-state index in [2.05, 4.69) is 34.2 Å². The second kappa shape index (κ2) is 10.2. The minimum absolute atomic E-state index is 0.609. The maximum absolute atomic E-state index is 5.46. The number of methoxy groups -OCH3 is 1. The Bertz CT molecular complexity index is 361. The summed E-state index contributed by atoms with van der Waals surface area (Å²) in [6.45, 7) is 5.98. The van der Waals surface area contributed by atoms with E-state index in [0.717, 1.165) is 16.7 Å². The molecular weight excluding hydrogens is 310 g/mol. The Morgan fingerprint density at radius 2 is 1.74 bits per heavy atom. The lowest BCUT2D eigenvalue weighted by molar-refractivity contribution is 0.0272. The molecule has 0 fully saturated rings. The molecule has 0 aliphatic heterocycles. The van der Waals surface area contributed by atoms with E-state index in [0.29, 0.717) is 33.0 Å². The lowest BCUT2D eigenvalue weighted by Crippen LogP contribution is -2.13. The minimum atomic E-state index is 0.609. The number of rotatable bonds is 10. The van der Waals surface area contributed by atoms with Gasteiger partial charge in [0.2, 0.25) is 0 Å². The molecule has 4 nitrogen and oxygen atoms in total. The Morgan fingerprint density at radius 3 is 2.47 bits per heavy atom. The molecule has 108 valence electrons. The zero-order chi connectivity index (χ0) is 13.9. The number of halogens is 1. The van der Waals surface area contributed by atoms with Crippen molar-refractivity contribution in [1.29, 1.82) is 0 Å². The quantitative estimate of drug-likeness (QED) is 0.669. The Kier molecular flexibility index (Phi) is 8.82. The van der Waals surface area contributed by atoms with Crippen molar-refractivity contribution in [3.63, 3.8) is 0 Å². The van der Waals surface area contributed by atoms with E-state index in [4.69, 9.17) is 14.2 Å². The summed E-state index contributed by atoms with van der Waals surface area (Å²) in [4.78, 5) is 0. The maximum atomic E-state index is 5.46. The highest BCUT2D eigenvalue weighted by atomic mass is 79.9. The van der Waals surface area contributed by atoms with E-state index in [1.54, 1.807) is 7.11 Å². The highest BCUT2D eigenvalue weighted by Crippen LogP contribution is 2.25. The summed E-state index contributed by atoms with van der Waals surface area (Å²) in [6, 6.07) is 6.15. The van der Waals surface area contributed by atoms with Crippen LogP contribution in [-0.2, 0) is 14.2 Å². The third-order valence-corrected chi connectivity index (χ3v) is 3.61. The van der Waals surface area contributed by atoms with Crippen molar-refractivity contribution in [2.45, 2.75) is 6.92 Å². The van der Waals surface area contributed by atoms with Crippen molar-refractivity contribution >= 4 is 21.6 Å². The van der Waals surface area contributed by atoms with Crippen molar-refractivity contribution in [3.8, 4) is 0 Å².